The van der Waals surface area contributed by atoms with Gasteiger partial charge in [-0.15, -0.1) is 0 Å². The van der Waals surface area contributed by atoms with Crippen LogP contribution in [0.5, 0.6) is 0 Å². The number of carbonyl (C=O) groups is 1. The lowest BCUT2D eigenvalue weighted by Gasteiger charge is -2.27. The van der Waals surface area contributed by atoms with E-state index in [-0.39, 0.29) is 17.5 Å². The van der Waals surface area contributed by atoms with Gasteiger partial charge < -0.3 is 25.6 Å². The molecule has 194 valence electrons. The van der Waals surface area contributed by atoms with Crippen LogP contribution in [0.25, 0.3) is 0 Å². The number of ketones is 1. The fourth-order valence-electron chi connectivity index (χ4n) is 4.14. The quantitative estimate of drug-likeness (QED) is 0.242. The maximum atomic E-state index is 12.5. The van der Waals surface area contributed by atoms with Crippen LogP contribution in [0.3, 0.4) is 0 Å². The van der Waals surface area contributed by atoms with Gasteiger partial charge in [-0.25, -0.2) is 14.4 Å². The first-order valence-corrected chi connectivity index (χ1v) is 13.1. The molecule has 0 bridgehead atoms. The van der Waals surface area contributed by atoms with E-state index in [9.17, 15) is 29.3 Å². The third-order valence-electron chi connectivity index (χ3n) is 6.00. The second kappa shape index (κ2) is 11.9. The van der Waals surface area contributed by atoms with E-state index in [1.54, 1.807) is 0 Å². The van der Waals surface area contributed by atoms with Crippen molar-refractivity contribution in [2.45, 2.75) is 89.9 Å². The zero-order chi connectivity index (χ0) is 25.7. The molecule has 2 rings (SSSR count). The Kier molecular flexibility index (Phi) is 9.96. The number of nitrogens with two attached hydrogens (primary N) is 1. The van der Waals surface area contributed by atoms with E-state index >= 15 is 0 Å². The zero-order valence-corrected chi connectivity index (χ0v) is 21.0. The molecule has 2 heterocycles. The Balaban J connectivity index is 1.99. The van der Waals surface area contributed by atoms with Crippen LogP contribution in [0.1, 0.15) is 66.0 Å². The Hall–Kier alpha value is -1.66. The first-order chi connectivity index (χ1) is 15.8. The SMILES string of the molecule is CCCC(CCC)CC(=O)[C@H](C)NP(=O)(O)OC[C@H]1O[C@@H](n2ccc(N)nc2=O)[C@](C)(O)[C@@H]1O. The molecule has 1 saturated heterocycles. The molecular weight excluding hydrogens is 467 g/mol. The molecule has 1 aliphatic heterocycles. The van der Waals surface area contributed by atoms with Crippen LogP contribution in [0.15, 0.2) is 17.1 Å². The lowest BCUT2D eigenvalue weighted by Crippen LogP contribution is -2.46. The molecule has 6 N–H and O–H groups in total. The number of nitrogens with one attached hydrogen (secondary N) is 1. The molecule has 0 aliphatic carbocycles. The molecular formula is C21H37N4O8P. The Bertz CT molecular complexity index is 934. The summed E-state index contributed by atoms with van der Waals surface area (Å²) >= 11 is 0. The van der Waals surface area contributed by atoms with Crippen LogP contribution < -0.4 is 16.5 Å². The van der Waals surface area contributed by atoms with Crippen LogP contribution in [0.2, 0.25) is 0 Å². The van der Waals surface area contributed by atoms with Gasteiger partial charge in [0, 0.05) is 12.6 Å². The molecule has 0 amide bonds. The highest BCUT2D eigenvalue weighted by Crippen LogP contribution is 2.42. The largest absolute Gasteiger partial charge is 0.403 e. The van der Waals surface area contributed by atoms with Crippen LogP contribution in [0, 0.1) is 5.92 Å². The van der Waals surface area contributed by atoms with Crippen LogP contribution in [-0.4, -0.2) is 60.9 Å². The number of Topliss-reactive ketones (excluding diaryl/α,β-unsaturated/α-hetero) is 1. The summed E-state index contributed by atoms with van der Waals surface area (Å²) in [6, 6.07) is 0.407. The van der Waals surface area contributed by atoms with E-state index < -0.39 is 50.1 Å². The Morgan fingerprint density at radius 3 is 2.59 bits per heavy atom. The standard InChI is InChI=1S/C21H37N4O8P/c1-5-7-14(8-6-2)11-15(26)13(3)24-34(30,31)32-12-16-18(27)21(4,29)19(33-16)25-10-9-17(22)23-20(25)28/h9-10,13-14,16,18-19,27,29H,5-8,11-12H2,1-4H3,(H2,22,23,28)(H2,24,30,31)/t13-,16+,18+,19+,21+/m0/s1. The number of nitrogen functional groups attached to an aromatic ring is 1. The van der Waals surface area contributed by atoms with E-state index in [1.807, 2.05) is 13.8 Å². The second-order valence-corrected chi connectivity index (χ2v) is 10.6. The Labute approximate surface area is 199 Å². The number of aliphatic hydroxyl groups is 2. The first kappa shape index (κ1) is 28.6. The fourth-order valence-corrected chi connectivity index (χ4v) is 5.19. The number of aliphatic hydroxyl groups excluding tert-OH is 1. The van der Waals surface area contributed by atoms with Gasteiger partial charge in [0.2, 0.25) is 0 Å². The molecule has 1 aromatic heterocycles. The number of rotatable bonds is 13. The van der Waals surface area contributed by atoms with E-state index in [1.165, 1.54) is 26.1 Å². The van der Waals surface area contributed by atoms with E-state index in [0.29, 0.717) is 6.42 Å². The summed E-state index contributed by atoms with van der Waals surface area (Å²) in [6.45, 7) is 6.26. The number of aromatic nitrogens is 2. The van der Waals surface area contributed by atoms with Gasteiger partial charge in [0.05, 0.1) is 12.6 Å². The number of carbonyl (C=O) groups excluding carboxylic acids is 1. The smallest absolute Gasteiger partial charge is 0.387 e. The minimum atomic E-state index is -4.45. The zero-order valence-electron chi connectivity index (χ0n) is 20.1. The molecule has 34 heavy (non-hydrogen) atoms. The Morgan fingerprint density at radius 2 is 2.03 bits per heavy atom. The van der Waals surface area contributed by atoms with Crippen LogP contribution in [-0.2, 0) is 18.6 Å². The maximum absolute atomic E-state index is 12.5. The van der Waals surface area contributed by atoms with Crippen LogP contribution in [0.4, 0.5) is 5.82 Å². The van der Waals surface area contributed by atoms with Gasteiger partial charge in [-0.05, 0) is 25.8 Å². The van der Waals surface area contributed by atoms with Gasteiger partial charge in [0.1, 0.15) is 29.4 Å². The lowest BCUT2D eigenvalue weighted by molar-refractivity contribution is -0.121. The molecule has 1 aliphatic rings. The van der Waals surface area contributed by atoms with Crippen molar-refractivity contribution in [2.75, 3.05) is 12.3 Å². The molecule has 6 atom stereocenters. The van der Waals surface area contributed by atoms with Crippen molar-refractivity contribution in [3.63, 3.8) is 0 Å². The van der Waals surface area contributed by atoms with Gasteiger partial charge in [0.15, 0.2) is 6.23 Å². The Morgan fingerprint density at radius 1 is 1.41 bits per heavy atom. The van der Waals surface area contributed by atoms with Gasteiger partial charge in [-0.3, -0.25) is 13.9 Å². The number of hydrogen-bond acceptors (Lipinski definition) is 9. The summed E-state index contributed by atoms with van der Waals surface area (Å²) in [6.07, 6.45) is 1.15. The minimum Gasteiger partial charge on any atom is -0.387 e. The minimum absolute atomic E-state index is 0.0222. The normalized spacial score (nSPS) is 27.6. The molecule has 0 aromatic carbocycles. The van der Waals surface area contributed by atoms with Crippen molar-refractivity contribution < 1.29 is 33.7 Å². The average Bonchev–Trinajstić information content (AvgIpc) is 2.96. The van der Waals surface area contributed by atoms with Crippen molar-refractivity contribution in [2.24, 2.45) is 5.92 Å². The number of hydrogen-bond donors (Lipinski definition) is 5. The second-order valence-electron chi connectivity index (χ2n) is 9.02. The molecule has 1 aromatic rings. The van der Waals surface area contributed by atoms with E-state index in [0.717, 1.165) is 30.3 Å². The molecule has 12 nitrogen and oxygen atoms in total. The summed E-state index contributed by atoms with van der Waals surface area (Å²) in [4.78, 5) is 38.4. The number of ether oxygens (including phenoxy) is 1. The van der Waals surface area contributed by atoms with Gasteiger partial charge in [-0.1, -0.05) is 39.5 Å². The third kappa shape index (κ3) is 7.17. The van der Waals surface area contributed by atoms with Crippen molar-refractivity contribution in [1.29, 1.82) is 0 Å². The fraction of sp³-hybridized carbons (Fsp3) is 0.762. The predicted molar refractivity (Wildman–Crippen MR) is 125 cm³/mol. The predicted octanol–water partition coefficient (Wildman–Crippen LogP) is 1.11. The molecule has 1 unspecified atom stereocenters. The first-order valence-electron chi connectivity index (χ1n) is 11.5. The van der Waals surface area contributed by atoms with E-state index in [2.05, 4.69) is 10.1 Å². The highest BCUT2D eigenvalue weighted by molar-refractivity contribution is 7.50. The van der Waals surface area contributed by atoms with Gasteiger partial charge >= 0.3 is 13.4 Å². The van der Waals surface area contributed by atoms with Gasteiger partial charge in [-0.2, -0.15) is 4.98 Å². The summed E-state index contributed by atoms with van der Waals surface area (Å²) in [7, 11) is -4.45. The molecule has 0 saturated carbocycles. The summed E-state index contributed by atoms with van der Waals surface area (Å²) < 4.78 is 24.1. The van der Waals surface area contributed by atoms with E-state index in [4.69, 9.17) is 15.0 Å². The van der Waals surface area contributed by atoms with Crippen LogP contribution >= 0.6 is 7.75 Å². The molecule has 1 fully saturated rings. The lowest BCUT2D eigenvalue weighted by atomic mass is 9.91. The summed E-state index contributed by atoms with van der Waals surface area (Å²) in [5, 5.41) is 23.5. The monoisotopic (exact) mass is 504 g/mol. The molecule has 13 heteroatoms. The van der Waals surface area contributed by atoms with Crippen molar-refractivity contribution in [1.82, 2.24) is 14.6 Å². The highest BCUT2D eigenvalue weighted by Gasteiger charge is 2.54. The number of anilines is 1. The van der Waals surface area contributed by atoms with Crippen molar-refractivity contribution in [3.05, 3.63) is 22.7 Å². The van der Waals surface area contributed by atoms with Crippen molar-refractivity contribution >= 4 is 19.3 Å². The average molecular weight is 505 g/mol. The topological polar surface area (TPSA) is 186 Å². The molecule has 0 radical (unpaired) electrons. The molecule has 0 spiro atoms. The number of nitrogens with zero attached hydrogens (tertiary/aromatic N) is 2. The van der Waals surface area contributed by atoms with Gasteiger partial charge in [0.25, 0.3) is 0 Å². The maximum Gasteiger partial charge on any atom is 0.403 e. The highest BCUT2D eigenvalue weighted by atomic mass is 31.2. The van der Waals surface area contributed by atoms with Crippen molar-refractivity contribution in [3.8, 4) is 0 Å². The summed E-state index contributed by atoms with van der Waals surface area (Å²) in [5.74, 6) is 0.00400. The summed E-state index contributed by atoms with van der Waals surface area (Å²) in [5.41, 5.74) is 2.74. The third-order valence-corrected chi connectivity index (χ3v) is 7.21.